The van der Waals surface area contributed by atoms with E-state index in [1.807, 2.05) is 30.4 Å². The number of rotatable bonds is 11. The van der Waals surface area contributed by atoms with Gasteiger partial charge in [-0.3, -0.25) is 14.4 Å². The van der Waals surface area contributed by atoms with Crippen molar-refractivity contribution in [3.8, 4) is 0 Å². The van der Waals surface area contributed by atoms with Crippen molar-refractivity contribution >= 4 is 17.7 Å². The van der Waals surface area contributed by atoms with Crippen molar-refractivity contribution in [1.82, 2.24) is 5.32 Å². The van der Waals surface area contributed by atoms with Crippen molar-refractivity contribution in [1.29, 1.82) is 0 Å². The van der Waals surface area contributed by atoms with Gasteiger partial charge in [0.2, 0.25) is 5.78 Å². The Morgan fingerprint density at radius 2 is 1.86 bits per heavy atom. The van der Waals surface area contributed by atoms with Crippen molar-refractivity contribution < 1.29 is 29.0 Å². The second-order valence-electron chi connectivity index (χ2n) is 7.38. The van der Waals surface area contributed by atoms with Crippen LogP contribution in [0.3, 0.4) is 0 Å². The summed E-state index contributed by atoms with van der Waals surface area (Å²) in [5.41, 5.74) is 0.794. The number of benzene rings is 1. The zero-order chi connectivity index (χ0) is 21.1. The molecule has 1 fully saturated rings. The van der Waals surface area contributed by atoms with E-state index in [-0.39, 0.29) is 25.3 Å². The fraction of sp³-hybridized carbons (Fsp3) is 0.500. The summed E-state index contributed by atoms with van der Waals surface area (Å²) in [6.07, 6.45) is 6.39. The molecule has 0 aliphatic carbocycles. The van der Waals surface area contributed by atoms with Gasteiger partial charge >= 0.3 is 5.97 Å². The first kappa shape index (κ1) is 22.8. The highest BCUT2D eigenvalue weighted by molar-refractivity contribution is 6.36. The van der Waals surface area contributed by atoms with E-state index in [1.165, 1.54) is 0 Å². The number of carboxylic acid groups (broad SMARTS) is 1. The van der Waals surface area contributed by atoms with E-state index in [0.29, 0.717) is 19.6 Å². The third-order valence-electron chi connectivity index (χ3n) is 4.68. The van der Waals surface area contributed by atoms with Crippen LogP contribution in [-0.4, -0.2) is 48.3 Å². The summed E-state index contributed by atoms with van der Waals surface area (Å²) in [7, 11) is 0. The first-order chi connectivity index (χ1) is 13.9. The molecule has 2 N–H and O–H groups in total. The number of carboxylic acids is 1. The minimum Gasteiger partial charge on any atom is -0.481 e. The van der Waals surface area contributed by atoms with Crippen molar-refractivity contribution in [3.05, 3.63) is 48.0 Å². The molecule has 0 spiro atoms. The quantitative estimate of drug-likeness (QED) is 0.334. The molecule has 1 saturated heterocycles. The van der Waals surface area contributed by atoms with Gasteiger partial charge in [-0.15, -0.1) is 0 Å². The Kier molecular flexibility index (Phi) is 9.02. The number of hydrogen-bond donors (Lipinski definition) is 2. The molecule has 0 unspecified atom stereocenters. The second kappa shape index (κ2) is 11.5. The number of allylic oxidation sites excluding steroid dienone is 2. The third-order valence-corrected chi connectivity index (χ3v) is 4.68. The average molecular weight is 403 g/mol. The lowest BCUT2D eigenvalue weighted by molar-refractivity contribution is -0.268. The van der Waals surface area contributed by atoms with Gasteiger partial charge in [-0.05, 0) is 31.7 Å². The van der Waals surface area contributed by atoms with Crippen LogP contribution >= 0.6 is 0 Å². The molecule has 1 aliphatic rings. The van der Waals surface area contributed by atoms with Gasteiger partial charge < -0.3 is 19.9 Å². The number of nitrogens with one attached hydrogen (secondary N) is 1. The second-order valence-corrected chi connectivity index (χ2v) is 7.38. The molecule has 1 heterocycles. The highest BCUT2D eigenvalue weighted by Gasteiger charge is 2.33. The van der Waals surface area contributed by atoms with Gasteiger partial charge in [0.15, 0.2) is 5.79 Å². The molecule has 1 amide bonds. The Morgan fingerprint density at radius 1 is 1.17 bits per heavy atom. The molecule has 2 rings (SSSR count). The van der Waals surface area contributed by atoms with Crippen LogP contribution in [0.4, 0.5) is 0 Å². The monoisotopic (exact) mass is 403 g/mol. The van der Waals surface area contributed by atoms with E-state index >= 15 is 0 Å². The number of amides is 1. The Labute approximate surface area is 171 Å². The minimum absolute atomic E-state index is 0.0615. The number of hydrogen-bond acceptors (Lipinski definition) is 5. The van der Waals surface area contributed by atoms with E-state index in [9.17, 15) is 14.4 Å². The molecule has 0 aromatic heterocycles. The Morgan fingerprint density at radius 3 is 2.52 bits per heavy atom. The standard InChI is InChI=1S/C22H29NO6/c1-22(16-23-21(27)19(24)13-17-9-6-4-7-10-17)28-14-18(15-29-22)11-5-2-3-8-12-20(25)26/h2,4-7,9-10,18H,3,8,11-16H2,1H3,(H,23,27)(H,25,26)/b5-2-. The fourth-order valence-corrected chi connectivity index (χ4v) is 2.89. The van der Waals surface area contributed by atoms with Crippen LogP contribution < -0.4 is 5.32 Å². The maximum atomic E-state index is 12.0. The highest BCUT2D eigenvalue weighted by Crippen LogP contribution is 2.23. The molecule has 29 heavy (non-hydrogen) atoms. The molecule has 1 aromatic carbocycles. The molecular weight excluding hydrogens is 374 g/mol. The third kappa shape index (κ3) is 8.58. The summed E-state index contributed by atoms with van der Waals surface area (Å²) in [5.74, 6) is -2.67. The van der Waals surface area contributed by atoms with Crippen LogP contribution in [0.25, 0.3) is 0 Å². The van der Waals surface area contributed by atoms with E-state index < -0.39 is 23.4 Å². The lowest BCUT2D eigenvalue weighted by Crippen LogP contribution is -2.50. The van der Waals surface area contributed by atoms with Crippen LogP contribution in [0.2, 0.25) is 0 Å². The molecule has 0 atom stereocenters. The van der Waals surface area contributed by atoms with Crippen molar-refractivity contribution in [2.24, 2.45) is 5.92 Å². The molecule has 7 heteroatoms. The number of carbonyl (C=O) groups is 3. The van der Waals surface area contributed by atoms with Crippen LogP contribution in [0.15, 0.2) is 42.5 Å². The Hall–Kier alpha value is -2.51. The maximum absolute atomic E-state index is 12.0. The largest absolute Gasteiger partial charge is 0.481 e. The van der Waals surface area contributed by atoms with E-state index in [4.69, 9.17) is 14.6 Å². The van der Waals surface area contributed by atoms with E-state index in [2.05, 4.69) is 5.32 Å². The Balaban J connectivity index is 1.65. The fourth-order valence-electron chi connectivity index (χ4n) is 2.89. The SMILES string of the molecule is CC1(CNC(=O)C(=O)Cc2ccccc2)OCC(C/C=C\CCCC(=O)O)CO1. The highest BCUT2D eigenvalue weighted by atomic mass is 16.7. The normalized spacial score (nSPS) is 21.8. The molecular formula is C22H29NO6. The number of ketones is 1. The zero-order valence-corrected chi connectivity index (χ0v) is 16.8. The van der Waals surface area contributed by atoms with Crippen LogP contribution in [0.1, 0.15) is 38.2 Å². The van der Waals surface area contributed by atoms with Crippen molar-refractivity contribution in [3.63, 3.8) is 0 Å². The van der Waals surface area contributed by atoms with Crippen molar-refractivity contribution in [2.75, 3.05) is 19.8 Å². The van der Waals surface area contributed by atoms with E-state index in [0.717, 1.165) is 18.4 Å². The molecule has 0 radical (unpaired) electrons. The smallest absolute Gasteiger partial charge is 0.303 e. The molecule has 1 aromatic rings. The Bertz CT molecular complexity index is 707. The minimum atomic E-state index is -0.954. The van der Waals surface area contributed by atoms with Gasteiger partial charge in [0, 0.05) is 18.8 Å². The summed E-state index contributed by atoms with van der Waals surface area (Å²) in [4.78, 5) is 34.5. The number of carbonyl (C=O) groups excluding carboxylic acids is 2. The summed E-state index contributed by atoms with van der Waals surface area (Å²) in [6, 6.07) is 9.12. The van der Waals surface area contributed by atoms with Crippen LogP contribution in [0, 0.1) is 5.92 Å². The topological polar surface area (TPSA) is 102 Å². The molecule has 0 saturated carbocycles. The lowest BCUT2D eigenvalue weighted by atomic mass is 10.0. The van der Waals surface area contributed by atoms with Gasteiger partial charge in [0.1, 0.15) is 0 Å². The van der Waals surface area contributed by atoms with Gasteiger partial charge in [-0.1, -0.05) is 42.5 Å². The first-order valence-corrected chi connectivity index (χ1v) is 9.87. The van der Waals surface area contributed by atoms with E-state index in [1.54, 1.807) is 19.1 Å². The lowest BCUT2D eigenvalue weighted by Gasteiger charge is -2.37. The van der Waals surface area contributed by atoms with Crippen LogP contribution in [0.5, 0.6) is 0 Å². The van der Waals surface area contributed by atoms with Gasteiger partial charge in [0.25, 0.3) is 5.91 Å². The number of aliphatic carboxylic acids is 1. The molecule has 7 nitrogen and oxygen atoms in total. The molecule has 158 valence electrons. The predicted octanol–water partition coefficient (Wildman–Crippen LogP) is 2.49. The molecule has 1 aliphatic heterocycles. The number of Topliss-reactive ketones (excluding diaryl/α,β-unsaturated/α-hetero) is 1. The first-order valence-electron chi connectivity index (χ1n) is 9.87. The number of unbranched alkanes of at least 4 members (excludes halogenated alkanes) is 1. The summed E-state index contributed by atoms with van der Waals surface area (Å²) in [6.45, 7) is 2.82. The average Bonchev–Trinajstić information content (AvgIpc) is 2.71. The predicted molar refractivity (Wildman–Crippen MR) is 107 cm³/mol. The zero-order valence-electron chi connectivity index (χ0n) is 16.8. The summed E-state index contributed by atoms with van der Waals surface area (Å²) >= 11 is 0. The summed E-state index contributed by atoms with van der Waals surface area (Å²) in [5, 5.41) is 11.2. The van der Waals surface area contributed by atoms with Gasteiger partial charge in [0.05, 0.1) is 19.8 Å². The van der Waals surface area contributed by atoms with Crippen molar-refractivity contribution in [2.45, 2.75) is 44.8 Å². The summed E-state index contributed by atoms with van der Waals surface area (Å²) < 4.78 is 11.6. The molecule has 0 bridgehead atoms. The maximum Gasteiger partial charge on any atom is 0.303 e. The van der Waals surface area contributed by atoms with Crippen LogP contribution in [-0.2, 0) is 30.3 Å². The van der Waals surface area contributed by atoms with Gasteiger partial charge in [-0.2, -0.15) is 0 Å². The number of ether oxygens (including phenoxy) is 2. The van der Waals surface area contributed by atoms with Gasteiger partial charge in [-0.25, -0.2) is 0 Å².